The Labute approximate surface area is 185 Å². The number of aromatic hydroxyl groups is 1. The first-order valence-corrected chi connectivity index (χ1v) is 10.5. The average Bonchev–Trinajstić information content (AvgIpc) is 3.18. The van der Waals surface area contributed by atoms with Gasteiger partial charge in [-0.3, -0.25) is 4.79 Å². The van der Waals surface area contributed by atoms with E-state index >= 15 is 0 Å². The van der Waals surface area contributed by atoms with E-state index in [1.54, 1.807) is 26.4 Å². The molecule has 5 rings (SSSR count). The molecule has 0 saturated heterocycles. The summed E-state index contributed by atoms with van der Waals surface area (Å²) in [5.74, 6) is 1.85. The Bertz CT molecular complexity index is 1230. The number of anilines is 1. The number of hydrogen-bond donors (Lipinski definition) is 2. The van der Waals surface area contributed by atoms with Gasteiger partial charge >= 0.3 is 0 Å². The Morgan fingerprint density at radius 2 is 1.75 bits per heavy atom. The van der Waals surface area contributed by atoms with Gasteiger partial charge in [0.1, 0.15) is 5.75 Å². The fourth-order valence-corrected chi connectivity index (χ4v) is 4.81. The first kappa shape index (κ1) is 20.2. The molecule has 164 valence electrons. The number of aryl methyl sites for hydroxylation is 1. The fourth-order valence-electron chi connectivity index (χ4n) is 4.81. The molecule has 3 aromatic rings. The SMILES string of the molecule is COc1ccc([C@H]2CC(=O)C3=C(C2)Nc2onc(C)c2[C@@H]3c2ccc(O)cc2)cc1OC. The molecule has 2 heterocycles. The number of carbonyl (C=O) groups excluding carboxylic acids is 1. The highest BCUT2D eigenvalue weighted by Crippen LogP contribution is 2.49. The summed E-state index contributed by atoms with van der Waals surface area (Å²) in [5, 5.41) is 17.2. The molecule has 7 nitrogen and oxygen atoms in total. The Morgan fingerprint density at radius 1 is 1.03 bits per heavy atom. The monoisotopic (exact) mass is 432 g/mol. The zero-order valence-corrected chi connectivity index (χ0v) is 18.1. The largest absolute Gasteiger partial charge is 0.508 e. The zero-order chi connectivity index (χ0) is 22.4. The molecular weight excluding hydrogens is 408 g/mol. The minimum absolute atomic E-state index is 0.000378. The third-order valence-electron chi connectivity index (χ3n) is 6.36. The number of hydrogen-bond acceptors (Lipinski definition) is 7. The van der Waals surface area contributed by atoms with Gasteiger partial charge in [0.25, 0.3) is 0 Å². The van der Waals surface area contributed by atoms with Gasteiger partial charge in [0.05, 0.1) is 25.5 Å². The number of nitrogens with one attached hydrogen (secondary N) is 1. The summed E-state index contributed by atoms with van der Waals surface area (Å²) in [4.78, 5) is 13.5. The van der Waals surface area contributed by atoms with E-state index in [4.69, 9.17) is 14.0 Å². The predicted molar refractivity (Wildman–Crippen MR) is 118 cm³/mol. The Morgan fingerprint density at radius 3 is 2.47 bits per heavy atom. The lowest BCUT2D eigenvalue weighted by Crippen LogP contribution is -2.29. The third kappa shape index (κ3) is 3.21. The number of Topliss-reactive ketones (excluding diaryl/α,β-unsaturated/α-hetero) is 1. The van der Waals surface area contributed by atoms with Crippen LogP contribution in [-0.2, 0) is 4.79 Å². The highest BCUT2D eigenvalue weighted by molar-refractivity contribution is 6.01. The number of phenolic OH excluding ortho intramolecular Hbond substituents is 1. The molecule has 0 fully saturated rings. The van der Waals surface area contributed by atoms with Crippen LogP contribution in [-0.4, -0.2) is 30.3 Å². The average molecular weight is 432 g/mol. The number of ketones is 1. The molecule has 1 aromatic heterocycles. The summed E-state index contributed by atoms with van der Waals surface area (Å²) in [6.45, 7) is 1.88. The normalized spacial score (nSPS) is 19.8. The lowest BCUT2D eigenvalue weighted by molar-refractivity contribution is -0.116. The van der Waals surface area contributed by atoms with Gasteiger partial charge in [-0.2, -0.15) is 0 Å². The van der Waals surface area contributed by atoms with E-state index in [0.717, 1.165) is 33.7 Å². The van der Waals surface area contributed by atoms with Crippen molar-refractivity contribution in [2.24, 2.45) is 0 Å². The molecule has 0 bridgehead atoms. The van der Waals surface area contributed by atoms with E-state index in [0.29, 0.717) is 30.2 Å². The summed E-state index contributed by atoms with van der Waals surface area (Å²) >= 11 is 0. The van der Waals surface area contributed by atoms with Crippen LogP contribution >= 0.6 is 0 Å². The lowest BCUT2D eigenvalue weighted by atomic mass is 9.72. The number of phenols is 1. The second-order valence-corrected chi connectivity index (χ2v) is 8.20. The number of ether oxygens (including phenoxy) is 2. The molecule has 2 atom stereocenters. The molecule has 1 aliphatic carbocycles. The van der Waals surface area contributed by atoms with Gasteiger partial charge in [-0.25, -0.2) is 0 Å². The second-order valence-electron chi connectivity index (χ2n) is 8.20. The molecule has 0 saturated carbocycles. The quantitative estimate of drug-likeness (QED) is 0.619. The Balaban J connectivity index is 1.57. The predicted octanol–water partition coefficient (Wildman–Crippen LogP) is 4.66. The first-order valence-electron chi connectivity index (χ1n) is 10.5. The van der Waals surface area contributed by atoms with Crippen molar-refractivity contribution in [3.8, 4) is 17.2 Å². The Hall–Kier alpha value is -3.74. The summed E-state index contributed by atoms with van der Waals surface area (Å²) in [6, 6.07) is 12.8. The standard InChI is InChI=1S/C25H24N2O5/c1-13-22-23(14-4-7-17(28)8-5-14)24-18(26-25(22)32-27-13)10-16(11-19(24)29)15-6-9-20(30-2)21(12-15)31-3/h4-9,12,16,23,26,28H,10-11H2,1-3H3/t16-,23+/m1/s1. The van der Waals surface area contributed by atoms with E-state index < -0.39 is 0 Å². The maximum atomic E-state index is 13.5. The molecule has 2 aliphatic rings. The van der Waals surface area contributed by atoms with Gasteiger partial charge < -0.3 is 24.4 Å². The van der Waals surface area contributed by atoms with Gasteiger partial charge in [-0.15, -0.1) is 0 Å². The smallest absolute Gasteiger partial charge is 0.233 e. The van der Waals surface area contributed by atoms with Crippen LogP contribution in [0.25, 0.3) is 0 Å². The van der Waals surface area contributed by atoms with Crippen LogP contribution in [0.2, 0.25) is 0 Å². The van der Waals surface area contributed by atoms with Crippen molar-refractivity contribution < 1.29 is 23.9 Å². The molecule has 0 radical (unpaired) electrons. The number of aromatic nitrogens is 1. The van der Waals surface area contributed by atoms with Gasteiger partial charge in [0.2, 0.25) is 5.88 Å². The van der Waals surface area contributed by atoms with Crippen molar-refractivity contribution in [2.75, 3.05) is 19.5 Å². The van der Waals surface area contributed by atoms with Crippen molar-refractivity contribution in [3.05, 3.63) is 76.1 Å². The third-order valence-corrected chi connectivity index (χ3v) is 6.36. The van der Waals surface area contributed by atoms with Gasteiger partial charge in [-0.05, 0) is 54.7 Å². The van der Waals surface area contributed by atoms with Crippen LogP contribution in [0, 0.1) is 6.92 Å². The van der Waals surface area contributed by atoms with E-state index in [1.165, 1.54) is 0 Å². The van der Waals surface area contributed by atoms with E-state index in [2.05, 4.69) is 10.5 Å². The number of allylic oxidation sites excluding steroid dienone is 2. The number of methoxy groups -OCH3 is 2. The van der Waals surface area contributed by atoms with Crippen LogP contribution in [0.15, 0.2) is 58.3 Å². The molecule has 2 N–H and O–H groups in total. The molecular formula is C25H24N2O5. The Kier molecular flexibility index (Phi) is 4.89. The molecule has 7 heteroatoms. The van der Waals surface area contributed by atoms with Crippen LogP contribution in [0.5, 0.6) is 17.2 Å². The first-order chi connectivity index (χ1) is 15.5. The molecule has 0 spiro atoms. The van der Waals surface area contributed by atoms with Crippen molar-refractivity contribution in [1.29, 1.82) is 0 Å². The van der Waals surface area contributed by atoms with E-state index in [1.807, 2.05) is 37.3 Å². The number of fused-ring (bicyclic) bond motifs is 1. The highest BCUT2D eigenvalue weighted by atomic mass is 16.5. The van der Waals surface area contributed by atoms with Crippen LogP contribution in [0.4, 0.5) is 5.88 Å². The number of benzene rings is 2. The van der Waals surface area contributed by atoms with E-state index in [-0.39, 0.29) is 23.4 Å². The van der Waals surface area contributed by atoms with Crippen LogP contribution < -0.4 is 14.8 Å². The lowest BCUT2D eigenvalue weighted by Gasteiger charge is -2.34. The van der Waals surface area contributed by atoms with Gasteiger partial charge in [0, 0.05) is 23.6 Å². The minimum Gasteiger partial charge on any atom is -0.508 e. The second kappa shape index (κ2) is 7.75. The summed E-state index contributed by atoms with van der Waals surface area (Å²) in [5.41, 5.74) is 5.14. The topological polar surface area (TPSA) is 93.8 Å². The van der Waals surface area contributed by atoms with E-state index in [9.17, 15) is 9.90 Å². The molecule has 0 amide bonds. The summed E-state index contributed by atoms with van der Waals surface area (Å²) < 4.78 is 16.4. The summed E-state index contributed by atoms with van der Waals surface area (Å²) in [7, 11) is 3.21. The van der Waals surface area contributed by atoms with Gasteiger partial charge in [0.15, 0.2) is 17.3 Å². The number of carbonyl (C=O) groups is 1. The fraction of sp³-hybridized carbons (Fsp3) is 0.280. The number of nitrogens with zero attached hydrogens (tertiary/aromatic N) is 1. The molecule has 2 aromatic carbocycles. The zero-order valence-electron chi connectivity index (χ0n) is 18.1. The minimum atomic E-state index is -0.285. The van der Waals surface area contributed by atoms with Crippen molar-refractivity contribution in [2.45, 2.75) is 31.6 Å². The van der Waals surface area contributed by atoms with Crippen molar-refractivity contribution in [1.82, 2.24) is 5.16 Å². The van der Waals surface area contributed by atoms with Crippen molar-refractivity contribution in [3.63, 3.8) is 0 Å². The molecule has 0 unspecified atom stereocenters. The molecule has 1 aliphatic heterocycles. The summed E-state index contributed by atoms with van der Waals surface area (Å²) in [6.07, 6.45) is 1.05. The van der Waals surface area contributed by atoms with Gasteiger partial charge in [-0.1, -0.05) is 23.4 Å². The highest BCUT2D eigenvalue weighted by Gasteiger charge is 2.41. The maximum Gasteiger partial charge on any atom is 0.233 e. The molecule has 32 heavy (non-hydrogen) atoms. The van der Waals surface area contributed by atoms with Crippen molar-refractivity contribution >= 4 is 11.7 Å². The van der Waals surface area contributed by atoms with Crippen LogP contribution in [0.1, 0.15) is 47.1 Å². The number of rotatable bonds is 4. The maximum absolute atomic E-state index is 13.5. The van der Waals surface area contributed by atoms with Crippen LogP contribution in [0.3, 0.4) is 0 Å².